The van der Waals surface area contributed by atoms with Crippen molar-refractivity contribution >= 4 is 22.9 Å². The molecule has 33 heavy (non-hydrogen) atoms. The second kappa shape index (κ2) is 8.85. The Kier molecular flexibility index (Phi) is 7.40. The molecule has 0 saturated heterocycles. The maximum Gasteiger partial charge on any atom is 0.192 e. The zero-order chi connectivity index (χ0) is 25.1. The lowest BCUT2D eigenvalue weighted by Gasteiger charge is -2.50. The molecule has 4 unspecified atom stereocenters. The molecule has 0 aromatic rings. The highest BCUT2D eigenvalue weighted by atomic mass is 28.4. The van der Waals surface area contributed by atoms with Crippen LogP contribution >= 0.6 is 0 Å². The van der Waals surface area contributed by atoms with Gasteiger partial charge in [0.2, 0.25) is 0 Å². The Balaban J connectivity index is 1.76. The smallest absolute Gasteiger partial charge is 0.192 e. The van der Waals surface area contributed by atoms with E-state index in [1.54, 1.807) is 0 Å². The summed E-state index contributed by atoms with van der Waals surface area (Å²) in [5, 5.41) is 0.482. The molecule has 0 bridgehead atoms. The molecule has 3 nitrogen and oxygen atoms in total. The Morgan fingerprint density at radius 3 is 2.06 bits per heavy atom. The van der Waals surface area contributed by atoms with Crippen molar-refractivity contribution in [2.75, 3.05) is 6.61 Å². The first-order chi connectivity index (χ1) is 14.9. The Bertz CT molecular complexity index is 720. The third kappa shape index (κ3) is 4.99. The summed E-state index contributed by atoms with van der Waals surface area (Å²) < 4.78 is 13.7. The van der Waals surface area contributed by atoms with Gasteiger partial charge in [-0.05, 0) is 97.5 Å². The standard InChI is InChI=1S/C28H54O3Si2/c1-25(2,3)32(8,9)30-18-17-28(19-21(28)20-29)24-15-14-22-23(13-12-16-27(22,24)7)31-33(10,11)26(4,5)6/h20-24H,12-19H2,1-11H3/t21?,22?,23-,24?,27-,28?/m0/s1. The summed E-state index contributed by atoms with van der Waals surface area (Å²) in [5.74, 6) is 1.53. The summed E-state index contributed by atoms with van der Waals surface area (Å²) in [6.07, 6.45) is 10.2. The third-order valence-electron chi connectivity index (χ3n) is 11.2. The highest BCUT2D eigenvalue weighted by molar-refractivity contribution is 6.74. The minimum Gasteiger partial charge on any atom is -0.417 e. The van der Waals surface area contributed by atoms with Gasteiger partial charge in [-0.15, -0.1) is 0 Å². The normalized spacial score (nSPS) is 37.7. The number of carbonyl (C=O) groups is 1. The Morgan fingerprint density at radius 2 is 1.55 bits per heavy atom. The van der Waals surface area contributed by atoms with Gasteiger partial charge in [0, 0.05) is 18.6 Å². The van der Waals surface area contributed by atoms with Crippen LogP contribution in [0.4, 0.5) is 0 Å². The first-order valence-electron chi connectivity index (χ1n) is 13.7. The average molecular weight is 495 g/mol. The third-order valence-corrected chi connectivity index (χ3v) is 20.2. The summed E-state index contributed by atoms with van der Waals surface area (Å²) in [7, 11) is -3.55. The second-order valence-electron chi connectivity index (χ2n) is 15.1. The van der Waals surface area contributed by atoms with E-state index in [0.717, 1.165) is 19.4 Å². The number of fused-ring (bicyclic) bond motifs is 1. The molecule has 5 heteroatoms. The lowest BCUT2D eigenvalue weighted by Crippen LogP contribution is -2.50. The van der Waals surface area contributed by atoms with Crippen LogP contribution in [0, 0.1) is 28.6 Å². The number of rotatable bonds is 8. The molecule has 0 spiro atoms. The van der Waals surface area contributed by atoms with Crippen LogP contribution in [0.15, 0.2) is 0 Å². The molecule has 0 aromatic carbocycles. The van der Waals surface area contributed by atoms with Gasteiger partial charge in [0.15, 0.2) is 16.6 Å². The lowest BCUT2D eigenvalue weighted by atomic mass is 9.60. The van der Waals surface area contributed by atoms with Gasteiger partial charge < -0.3 is 13.6 Å². The molecule has 0 heterocycles. The summed E-state index contributed by atoms with van der Waals surface area (Å²) in [6.45, 7) is 26.9. The maximum atomic E-state index is 12.0. The van der Waals surface area contributed by atoms with Crippen LogP contribution in [-0.4, -0.2) is 35.6 Å². The van der Waals surface area contributed by atoms with E-state index in [4.69, 9.17) is 8.85 Å². The Hall–Kier alpha value is 0.0238. The fourth-order valence-electron chi connectivity index (χ4n) is 6.87. The molecule has 0 N–H and O–H groups in total. The molecule has 0 radical (unpaired) electrons. The zero-order valence-electron chi connectivity index (χ0n) is 23.8. The fraction of sp³-hybridized carbons (Fsp3) is 0.964. The largest absolute Gasteiger partial charge is 0.417 e. The Morgan fingerprint density at radius 1 is 0.939 bits per heavy atom. The van der Waals surface area contributed by atoms with E-state index in [9.17, 15) is 4.79 Å². The number of aldehydes is 1. The fourth-order valence-corrected chi connectivity index (χ4v) is 9.31. The van der Waals surface area contributed by atoms with Crippen LogP contribution < -0.4 is 0 Å². The van der Waals surface area contributed by atoms with Gasteiger partial charge in [0.1, 0.15) is 6.29 Å². The average Bonchev–Trinajstić information content (AvgIpc) is 3.23. The molecule has 3 saturated carbocycles. The molecule has 6 atom stereocenters. The minimum atomic E-state index is -1.79. The molecular formula is C28H54O3Si2. The van der Waals surface area contributed by atoms with Crippen molar-refractivity contribution < 1.29 is 13.6 Å². The molecule has 3 rings (SSSR count). The van der Waals surface area contributed by atoms with Crippen molar-refractivity contribution in [1.29, 1.82) is 0 Å². The second-order valence-corrected chi connectivity index (χ2v) is 24.7. The van der Waals surface area contributed by atoms with E-state index in [-0.39, 0.29) is 21.4 Å². The van der Waals surface area contributed by atoms with Crippen molar-refractivity contribution in [2.45, 2.75) is 136 Å². The molecular weight excluding hydrogens is 440 g/mol. The number of hydrogen-bond acceptors (Lipinski definition) is 3. The van der Waals surface area contributed by atoms with E-state index in [0.29, 0.717) is 23.4 Å². The highest BCUT2D eigenvalue weighted by Gasteiger charge is 2.66. The van der Waals surface area contributed by atoms with Crippen LogP contribution in [0.1, 0.15) is 93.4 Å². The topological polar surface area (TPSA) is 35.5 Å². The van der Waals surface area contributed by atoms with Gasteiger partial charge in [-0.3, -0.25) is 0 Å². The van der Waals surface area contributed by atoms with E-state index < -0.39 is 16.6 Å². The van der Waals surface area contributed by atoms with Gasteiger partial charge in [0.05, 0.1) is 0 Å². The van der Waals surface area contributed by atoms with Crippen molar-refractivity contribution in [3.8, 4) is 0 Å². The lowest BCUT2D eigenvalue weighted by molar-refractivity contribution is -0.110. The predicted octanol–water partition coefficient (Wildman–Crippen LogP) is 8.21. The molecule has 3 fully saturated rings. The van der Waals surface area contributed by atoms with Gasteiger partial charge in [0.25, 0.3) is 0 Å². The van der Waals surface area contributed by atoms with Crippen LogP contribution in [-0.2, 0) is 13.6 Å². The van der Waals surface area contributed by atoms with Crippen molar-refractivity contribution in [3.63, 3.8) is 0 Å². The van der Waals surface area contributed by atoms with Crippen molar-refractivity contribution in [1.82, 2.24) is 0 Å². The molecule has 3 aliphatic rings. The molecule has 0 amide bonds. The summed E-state index contributed by atoms with van der Waals surface area (Å²) in [4.78, 5) is 12.0. The number of hydrogen-bond donors (Lipinski definition) is 0. The first-order valence-corrected chi connectivity index (χ1v) is 19.5. The zero-order valence-corrected chi connectivity index (χ0v) is 25.8. The SMILES string of the molecule is CC(C)(C)[Si](C)(C)OCCC1(C2CCC3[C@@H](O[Si](C)(C)C(C)(C)C)CCC[C@@]32C)CC1C=O. The van der Waals surface area contributed by atoms with Crippen LogP contribution in [0.2, 0.25) is 36.3 Å². The monoisotopic (exact) mass is 494 g/mol. The maximum absolute atomic E-state index is 12.0. The van der Waals surface area contributed by atoms with E-state index >= 15 is 0 Å². The van der Waals surface area contributed by atoms with Gasteiger partial charge >= 0.3 is 0 Å². The van der Waals surface area contributed by atoms with Crippen molar-refractivity contribution in [2.24, 2.45) is 28.6 Å². The molecule has 3 aliphatic carbocycles. The predicted molar refractivity (Wildman–Crippen MR) is 145 cm³/mol. The van der Waals surface area contributed by atoms with Crippen LogP contribution in [0.25, 0.3) is 0 Å². The quantitative estimate of drug-likeness (QED) is 0.252. The van der Waals surface area contributed by atoms with E-state index in [2.05, 4.69) is 74.7 Å². The number of carbonyl (C=O) groups excluding carboxylic acids is 1. The van der Waals surface area contributed by atoms with E-state index in [1.807, 2.05) is 0 Å². The Labute approximate surface area is 207 Å². The van der Waals surface area contributed by atoms with Crippen LogP contribution in [0.3, 0.4) is 0 Å². The first kappa shape index (κ1) is 27.6. The molecule has 0 aliphatic heterocycles. The summed E-state index contributed by atoms with van der Waals surface area (Å²) >= 11 is 0. The summed E-state index contributed by atoms with van der Waals surface area (Å²) in [6, 6.07) is 0. The molecule has 0 aromatic heterocycles. The van der Waals surface area contributed by atoms with Gasteiger partial charge in [-0.25, -0.2) is 0 Å². The molecule has 192 valence electrons. The summed E-state index contributed by atoms with van der Waals surface area (Å²) in [5.41, 5.74) is 0.479. The van der Waals surface area contributed by atoms with Crippen LogP contribution in [0.5, 0.6) is 0 Å². The van der Waals surface area contributed by atoms with Gasteiger partial charge in [-0.2, -0.15) is 0 Å². The van der Waals surface area contributed by atoms with Gasteiger partial charge in [-0.1, -0.05) is 54.9 Å². The van der Waals surface area contributed by atoms with E-state index in [1.165, 1.54) is 38.4 Å². The minimum absolute atomic E-state index is 0.173. The highest BCUT2D eigenvalue weighted by Crippen LogP contribution is 2.71. The van der Waals surface area contributed by atoms with Crippen molar-refractivity contribution in [3.05, 3.63) is 0 Å².